The number of benzene rings is 1. The maximum Gasteiger partial charge on any atom is 0.335 e. The van der Waals surface area contributed by atoms with E-state index in [1.54, 1.807) is 0 Å². The first kappa shape index (κ1) is 30.8. The fraction of sp³-hybridized carbons (Fsp3) is 0.613. The molecule has 37 heavy (non-hydrogen) atoms. The van der Waals surface area contributed by atoms with Crippen molar-refractivity contribution >= 4 is 11.9 Å². The van der Waals surface area contributed by atoms with Crippen LogP contribution in [0.1, 0.15) is 95.1 Å². The minimum Gasteiger partial charge on any atom is -0.461 e. The topological polar surface area (TPSA) is 93.1 Å². The van der Waals surface area contributed by atoms with Gasteiger partial charge in [0, 0.05) is 0 Å². The summed E-state index contributed by atoms with van der Waals surface area (Å²) < 4.78 is 10.8. The Labute approximate surface area is 222 Å². The lowest BCUT2D eigenvalue weighted by atomic mass is 9.76. The van der Waals surface area contributed by atoms with Crippen LogP contribution in [0, 0.1) is 5.92 Å². The number of esters is 2. The Hall–Kier alpha value is -2.44. The lowest BCUT2D eigenvalue weighted by Crippen LogP contribution is -2.36. The third-order valence-corrected chi connectivity index (χ3v) is 7.64. The van der Waals surface area contributed by atoms with Crippen molar-refractivity contribution in [2.45, 2.75) is 89.4 Å². The molecular formula is C31H46O6. The first-order chi connectivity index (χ1) is 17.7. The Morgan fingerprint density at radius 1 is 0.865 bits per heavy atom. The molecule has 0 atom stereocenters. The Morgan fingerprint density at radius 2 is 1.38 bits per heavy atom. The highest BCUT2D eigenvalue weighted by atomic mass is 16.5. The third-order valence-electron chi connectivity index (χ3n) is 7.64. The van der Waals surface area contributed by atoms with Crippen LogP contribution in [0.4, 0.5) is 0 Å². The summed E-state index contributed by atoms with van der Waals surface area (Å²) in [6, 6.07) is 8.29. The monoisotopic (exact) mass is 514 g/mol. The Morgan fingerprint density at radius 3 is 1.86 bits per heavy atom. The number of aliphatic hydroxyl groups is 2. The number of hydrogen-bond donors (Lipinski definition) is 2. The molecule has 0 radical (unpaired) electrons. The molecule has 1 aromatic rings. The number of aliphatic hydroxyl groups excluding tert-OH is 2. The zero-order valence-electron chi connectivity index (χ0n) is 22.8. The number of carbonyl (C=O) groups excluding carboxylic acids is 2. The number of unbranched alkanes of at least 4 members (excludes halogenated alkanes) is 4. The number of ether oxygens (including phenoxy) is 2. The molecular weight excluding hydrogens is 468 g/mol. The average Bonchev–Trinajstić information content (AvgIpc) is 2.94. The van der Waals surface area contributed by atoms with Gasteiger partial charge in [0.05, 0.1) is 29.8 Å². The van der Waals surface area contributed by atoms with Gasteiger partial charge in [0.25, 0.3) is 0 Å². The van der Waals surface area contributed by atoms with Gasteiger partial charge in [0.15, 0.2) is 0 Å². The molecule has 1 aliphatic carbocycles. The number of hydrogen-bond acceptors (Lipinski definition) is 6. The minimum atomic E-state index is -0.829. The van der Waals surface area contributed by atoms with Crippen molar-refractivity contribution in [1.29, 1.82) is 0 Å². The molecule has 0 amide bonds. The van der Waals surface area contributed by atoms with Gasteiger partial charge < -0.3 is 19.7 Å². The zero-order valence-corrected chi connectivity index (χ0v) is 22.8. The van der Waals surface area contributed by atoms with Gasteiger partial charge in [-0.15, -0.1) is 0 Å². The molecule has 0 heterocycles. The fourth-order valence-corrected chi connectivity index (χ4v) is 4.97. The molecule has 0 spiro atoms. The maximum atomic E-state index is 12.1. The number of carbonyl (C=O) groups is 2. The first-order valence-electron chi connectivity index (χ1n) is 13.8. The Kier molecular flexibility index (Phi) is 13.1. The molecule has 0 bridgehead atoms. The number of rotatable bonds is 16. The summed E-state index contributed by atoms with van der Waals surface area (Å²) in [6.07, 6.45) is 13.1. The van der Waals surface area contributed by atoms with Crippen LogP contribution in [0.5, 0.6) is 0 Å². The van der Waals surface area contributed by atoms with Crippen LogP contribution < -0.4 is 0 Å². The van der Waals surface area contributed by atoms with Crippen molar-refractivity contribution in [1.82, 2.24) is 0 Å². The van der Waals surface area contributed by atoms with Crippen molar-refractivity contribution in [2.75, 3.05) is 26.4 Å². The van der Waals surface area contributed by atoms with Crippen molar-refractivity contribution in [3.05, 3.63) is 59.7 Å². The van der Waals surface area contributed by atoms with E-state index in [9.17, 15) is 9.59 Å². The van der Waals surface area contributed by atoms with E-state index in [2.05, 4.69) is 32.2 Å². The lowest BCUT2D eigenvalue weighted by molar-refractivity contribution is -0.145. The van der Waals surface area contributed by atoms with Crippen LogP contribution >= 0.6 is 0 Å². The second kappa shape index (κ2) is 15.7. The van der Waals surface area contributed by atoms with Crippen molar-refractivity contribution in [3.8, 4) is 0 Å². The lowest BCUT2D eigenvalue weighted by Gasteiger charge is -2.31. The van der Waals surface area contributed by atoms with Crippen molar-refractivity contribution in [3.63, 3.8) is 0 Å². The molecule has 6 heteroatoms. The molecule has 206 valence electrons. The predicted molar refractivity (Wildman–Crippen MR) is 146 cm³/mol. The van der Waals surface area contributed by atoms with Gasteiger partial charge in [-0.3, -0.25) is 0 Å². The highest BCUT2D eigenvalue weighted by molar-refractivity contribution is 5.88. The quantitative estimate of drug-likeness (QED) is 0.165. The van der Waals surface area contributed by atoms with Gasteiger partial charge in [-0.2, -0.15) is 0 Å². The molecule has 1 aromatic carbocycles. The van der Waals surface area contributed by atoms with E-state index in [1.165, 1.54) is 69.8 Å². The van der Waals surface area contributed by atoms with Crippen LogP contribution in [-0.2, 0) is 24.5 Å². The summed E-state index contributed by atoms with van der Waals surface area (Å²) in [5, 5.41) is 18.3. The van der Waals surface area contributed by atoms with E-state index >= 15 is 0 Å². The molecule has 1 saturated carbocycles. The Bertz CT molecular complexity index is 847. The van der Waals surface area contributed by atoms with E-state index in [0.29, 0.717) is 5.92 Å². The van der Waals surface area contributed by atoms with Crippen LogP contribution in [0.2, 0.25) is 0 Å². The standard InChI is InChI=1S/C31H46O6/c1-5-6-7-8-9-10-25-11-13-26(14-12-25)27-15-17-28(18-16-27)31(4,21-36-29(34)23(2)19-32)22-37-30(35)24(3)20-33/h15-18,25-26,32-33H,2-3,5-14,19-22H2,1,4H3. The highest BCUT2D eigenvalue weighted by Gasteiger charge is 2.32. The molecule has 2 rings (SSSR count). The Balaban J connectivity index is 2.01. The van der Waals surface area contributed by atoms with E-state index < -0.39 is 30.6 Å². The minimum absolute atomic E-state index is 0.0417. The smallest absolute Gasteiger partial charge is 0.335 e. The molecule has 6 nitrogen and oxygen atoms in total. The van der Waals surface area contributed by atoms with Gasteiger partial charge in [0.2, 0.25) is 0 Å². The van der Waals surface area contributed by atoms with E-state index in [1.807, 2.05) is 19.1 Å². The van der Waals surface area contributed by atoms with Crippen molar-refractivity contribution in [2.24, 2.45) is 5.92 Å². The van der Waals surface area contributed by atoms with Crippen LogP contribution in [0.25, 0.3) is 0 Å². The summed E-state index contributed by atoms with van der Waals surface area (Å²) in [7, 11) is 0. The molecule has 2 N–H and O–H groups in total. The molecule has 0 saturated heterocycles. The summed E-state index contributed by atoms with van der Waals surface area (Å²) in [4.78, 5) is 24.2. The van der Waals surface area contributed by atoms with Crippen LogP contribution in [0.15, 0.2) is 48.6 Å². The highest BCUT2D eigenvalue weighted by Crippen LogP contribution is 2.38. The maximum absolute atomic E-state index is 12.1. The van der Waals surface area contributed by atoms with Gasteiger partial charge in [-0.1, -0.05) is 82.9 Å². The SMILES string of the molecule is C=C(CO)C(=O)OCC(C)(COC(=O)C(=C)CO)c1ccc(C2CCC(CCCCCCC)CC2)cc1. The molecule has 1 aliphatic rings. The average molecular weight is 515 g/mol. The largest absolute Gasteiger partial charge is 0.461 e. The summed E-state index contributed by atoms with van der Waals surface area (Å²) in [5.74, 6) is 0.0114. The second-order valence-electron chi connectivity index (χ2n) is 10.8. The molecule has 1 fully saturated rings. The fourth-order valence-electron chi connectivity index (χ4n) is 4.97. The third kappa shape index (κ3) is 9.75. The van der Waals surface area contributed by atoms with Gasteiger partial charge in [-0.05, 0) is 55.6 Å². The van der Waals surface area contributed by atoms with Crippen LogP contribution in [0.3, 0.4) is 0 Å². The second-order valence-corrected chi connectivity index (χ2v) is 10.8. The molecule has 0 unspecified atom stereocenters. The predicted octanol–water partition coefficient (Wildman–Crippen LogP) is 5.76. The summed E-state index contributed by atoms with van der Waals surface area (Å²) in [6.45, 7) is 10.00. The van der Waals surface area contributed by atoms with E-state index in [4.69, 9.17) is 19.7 Å². The van der Waals surface area contributed by atoms with Gasteiger partial charge in [-0.25, -0.2) is 9.59 Å². The van der Waals surface area contributed by atoms with E-state index in [0.717, 1.165) is 11.5 Å². The van der Waals surface area contributed by atoms with E-state index in [-0.39, 0.29) is 24.4 Å². The van der Waals surface area contributed by atoms with Crippen LogP contribution in [-0.4, -0.2) is 48.6 Å². The summed E-state index contributed by atoms with van der Waals surface area (Å²) >= 11 is 0. The normalized spacial score (nSPS) is 17.7. The molecule has 0 aromatic heterocycles. The molecule has 0 aliphatic heterocycles. The van der Waals surface area contributed by atoms with Crippen molar-refractivity contribution < 1.29 is 29.3 Å². The van der Waals surface area contributed by atoms with Gasteiger partial charge >= 0.3 is 11.9 Å². The van der Waals surface area contributed by atoms with Gasteiger partial charge in [0.1, 0.15) is 13.2 Å². The zero-order chi connectivity index (χ0) is 27.3. The summed E-state index contributed by atoms with van der Waals surface area (Å²) in [5.41, 5.74) is 1.26. The first-order valence-corrected chi connectivity index (χ1v) is 13.8.